The lowest BCUT2D eigenvalue weighted by Gasteiger charge is -2.30. The van der Waals surface area contributed by atoms with Gasteiger partial charge in [0, 0.05) is 5.92 Å². The fourth-order valence-corrected chi connectivity index (χ4v) is 3.09. The number of hydrogen-bond acceptors (Lipinski definition) is 2. The maximum atomic E-state index is 14.0. The molecule has 0 amide bonds. The van der Waals surface area contributed by atoms with Crippen LogP contribution in [0.15, 0.2) is 12.1 Å². The molecule has 1 fully saturated rings. The van der Waals surface area contributed by atoms with Gasteiger partial charge < -0.3 is 9.53 Å². The van der Waals surface area contributed by atoms with Crippen LogP contribution in [0.4, 0.5) is 8.78 Å². The monoisotopic (exact) mass is 282 g/mol. The normalized spacial score (nSPS) is 24.2. The molecule has 0 aromatic heterocycles. The van der Waals surface area contributed by atoms with E-state index in [4.69, 9.17) is 4.74 Å². The topological polar surface area (TPSA) is 26.3 Å². The van der Waals surface area contributed by atoms with Crippen molar-refractivity contribution >= 4 is 6.29 Å². The lowest BCUT2D eigenvalue weighted by Crippen LogP contribution is -2.20. The first-order valence-electron chi connectivity index (χ1n) is 7.05. The highest BCUT2D eigenvalue weighted by Crippen LogP contribution is 2.40. The summed E-state index contributed by atoms with van der Waals surface area (Å²) in [5.41, 5.74) is 0.431. The number of carbonyl (C=O) groups excluding carboxylic acids is 1. The largest absolute Gasteiger partial charge is 0.494 e. The number of rotatable bonds is 4. The number of halogens is 2. The van der Waals surface area contributed by atoms with Crippen LogP contribution < -0.4 is 4.74 Å². The molecule has 2 nitrogen and oxygen atoms in total. The molecule has 1 saturated carbocycles. The molecule has 0 spiro atoms. The summed E-state index contributed by atoms with van der Waals surface area (Å²) in [5.74, 6) is -1.31. The average Bonchev–Trinajstić information content (AvgIpc) is 2.49. The van der Waals surface area contributed by atoms with Gasteiger partial charge in [-0.05, 0) is 49.1 Å². The van der Waals surface area contributed by atoms with Gasteiger partial charge in [-0.3, -0.25) is 0 Å². The summed E-state index contributed by atoms with van der Waals surface area (Å²) in [5, 5.41) is 0. The van der Waals surface area contributed by atoms with Gasteiger partial charge in [-0.25, -0.2) is 4.39 Å². The molecule has 0 heterocycles. The van der Waals surface area contributed by atoms with Gasteiger partial charge in [-0.15, -0.1) is 0 Å². The van der Waals surface area contributed by atoms with Crippen molar-refractivity contribution in [1.29, 1.82) is 0 Å². The van der Waals surface area contributed by atoms with Crippen LogP contribution in [-0.4, -0.2) is 13.4 Å². The molecule has 2 rings (SSSR count). The number of benzene rings is 1. The van der Waals surface area contributed by atoms with Crippen molar-refractivity contribution in [2.45, 2.75) is 38.5 Å². The molecular weight excluding hydrogens is 262 g/mol. The summed E-state index contributed by atoms with van der Waals surface area (Å²) in [6.07, 6.45) is 4.35. The molecule has 1 unspecified atom stereocenters. The molecule has 110 valence electrons. The lowest BCUT2D eigenvalue weighted by molar-refractivity contribution is -0.112. The van der Waals surface area contributed by atoms with Crippen molar-refractivity contribution in [3.8, 4) is 5.75 Å². The second-order valence-corrected chi connectivity index (χ2v) is 5.59. The zero-order valence-electron chi connectivity index (χ0n) is 11.9. The standard InChI is InChI=1S/C16H20F2O2/c1-10(9-19)11-3-5-12(6-4-11)13-7-8-14(20-2)16(18)15(13)17/h7-12H,3-6H2,1-2H3. The van der Waals surface area contributed by atoms with E-state index in [1.165, 1.54) is 13.2 Å². The molecule has 0 saturated heterocycles. The van der Waals surface area contributed by atoms with Crippen LogP contribution in [0.1, 0.15) is 44.1 Å². The SMILES string of the molecule is COc1ccc(C2CCC(C(C)C=O)CC2)c(F)c1F. The van der Waals surface area contributed by atoms with Gasteiger partial charge in [0.25, 0.3) is 0 Å². The quantitative estimate of drug-likeness (QED) is 0.778. The Morgan fingerprint density at radius 1 is 1.20 bits per heavy atom. The minimum atomic E-state index is -0.909. The summed E-state index contributed by atoms with van der Waals surface area (Å²) >= 11 is 0. The van der Waals surface area contributed by atoms with Crippen LogP contribution in [0.5, 0.6) is 5.75 Å². The molecule has 1 aliphatic rings. The smallest absolute Gasteiger partial charge is 0.200 e. The number of hydrogen-bond donors (Lipinski definition) is 0. The van der Waals surface area contributed by atoms with Crippen molar-refractivity contribution in [2.75, 3.05) is 7.11 Å². The highest BCUT2D eigenvalue weighted by Gasteiger charge is 2.28. The van der Waals surface area contributed by atoms with E-state index >= 15 is 0 Å². The van der Waals surface area contributed by atoms with E-state index in [1.54, 1.807) is 6.07 Å². The Labute approximate surface area is 118 Å². The molecule has 0 aliphatic heterocycles. The second-order valence-electron chi connectivity index (χ2n) is 5.59. The van der Waals surface area contributed by atoms with Crippen LogP contribution in [0.3, 0.4) is 0 Å². The first kappa shape index (κ1) is 14.9. The molecule has 0 N–H and O–H groups in total. The van der Waals surface area contributed by atoms with Gasteiger partial charge in [0.05, 0.1) is 7.11 Å². The molecular formula is C16H20F2O2. The molecule has 1 aromatic rings. The number of ether oxygens (including phenoxy) is 1. The van der Waals surface area contributed by atoms with E-state index in [1.807, 2.05) is 6.92 Å². The Morgan fingerprint density at radius 2 is 1.85 bits per heavy atom. The Kier molecular flexibility index (Phi) is 4.73. The van der Waals surface area contributed by atoms with Crippen LogP contribution in [-0.2, 0) is 4.79 Å². The summed E-state index contributed by atoms with van der Waals surface area (Å²) in [6.45, 7) is 1.92. The molecule has 0 bridgehead atoms. The highest BCUT2D eigenvalue weighted by molar-refractivity contribution is 5.53. The van der Waals surface area contributed by atoms with Crippen molar-refractivity contribution < 1.29 is 18.3 Å². The fraction of sp³-hybridized carbons (Fsp3) is 0.562. The summed E-state index contributed by atoms with van der Waals surface area (Å²) < 4.78 is 32.6. The van der Waals surface area contributed by atoms with Gasteiger partial charge in [-0.1, -0.05) is 13.0 Å². The predicted molar refractivity (Wildman–Crippen MR) is 72.8 cm³/mol. The zero-order valence-corrected chi connectivity index (χ0v) is 11.9. The van der Waals surface area contributed by atoms with E-state index < -0.39 is 11.6 Å². The molecule has 4 heteroatoms. The predicted octanol–water partition coefficient (Wildman–Crippen LogP) is 4.08. The third-order valence-corrected chi connectivity index (χ3v) is 4.47. The molecule has 0 radical (unpaired) electrons. The Bertz CT molecular complexity index is 480. The fourth-order valence-electron chi connectivity index (χ4n) is 3.09. The zero-order chi connectivity index (χ0) is 14.7. The van der Waals surface area contributed by atoms with Crippen LogP contribution in [0.2, 0.25) is 0 Å². The molecule has 20 heavy (non-hydrogen) atoms. The summed E-state index contributed by atoms with van der Waals surface area (Å²) in [7, 11) is 1.32. The van der Waals surface area contributed by atoms with Gasteiger partial charge in [0.2, 0.25) is 5.82 Å². The minimum absolute atomic E-state index is 0.0329. The van der Waals surface area contributed by atoms with Crippen molar-refractivity contribution in [3.63, 3.8) is 0 Å². The van der Waals surface area contributed by atoms with Gasteiger partial charge in [0.15, 0.2) is 11.6 Å². The summed E-state index contributed by atoms with van der Waals surface area (Å²) in [6, 6.07) is 3.10. The first-order valence-corrected chi connectivity index (χ1v) is 7.05. The molecule has 1 atom stereocenters. The van der Waals surface area contributed by atoms with Crippen LogP contribution in [0.25, 0.3) is 0 Å². The van der Waals surface area contributed by atoms with Crippen LogP contribution in [0, 0.1) is 23.5 Å². The Hall–Kier alpha value is -1.45. The van der Waals surface area contributed by atoms with E-state index in [9.17, 15) is 13.6 Å². The third-order valence-electron chi connectivity index (χ3n) is 4.47. The van der Waals surface area contributed by atoms with Gasteiger partial charge >= 0.3 is 0 Å². The van der Waals surface area contributed by atoms with E-state index in [-0.39, 0.29) is 17.6 Å². The maximum Gasteiger partial charge on any atom is 0.200 e. The van der Waals surface area contributed by atoms with Crippen LogP contribution >= 0.6 is 0 Å². The average molecular weight is 282 g/mol. The lowest BCUT2D eigenvalue weighted by atomic mass is 9.74. The molecule has 1 aliphatic carbocycles. The number of aldehydes is 1. The number of carbonyl (C=O) groups is 1. The second kappa shape index (κ2) is 6.33. The maximum absolute atomic E-state index is 14.0. The van der Waals surface area contributed by atoms with E-state index in [2.05, 4.69) is 0 Å². The van der Waals surface area contributed by atoms with Crippen molar-refractivity contribution in [2.24, 2.45) is 11.8 Å². The molecule has 1 aromatic carbocycles. The highest BCUT2D eigenvalue weighted by atomic mass is 19.2. The number of methoxy groups -OCH3 is 1. The minimum Gasteiger partial charge on any atom is -0.494 e. The first-order chi connectivity index (χ1) is 9.58. The van der Waals surface area contributed by atoms with E-state index in [0.29, 0.717) is 11.5 Å². The Balaban J connectivity index is 2.11. The van der Waals surface area contributed by atoms with Crippen molar-refractivity contribution in [3.05, 3.63) is 29.3 Å². The van der Waals surface area contributed by atoms with Crippen molar-refractivity contribution in [1.82, 2.24) is 0 Å². The van der Waals surface area contributed by atoms with E-state index in [0.717, 1.165) is 32.0 Å². The summed E-state index contributed by atoms with van der Waals surface area (Å²) in [4.78, 5) is 10.8. The van der Waals surface area contributed by atoms with Gasteiger partial charge in [0.1, 0.15) is 6.29 Å². The Morgan fingerprint density at radius 3 is 2.40 bits per heavy atom. The third kappa shape index (κ3) is 2.84. The van der Waals surface area contributed by atoms with Gasteiger partial charge in [-0.2, -0.15) is 4.39 Å².